The lowest BCUT2D eigenvalue weighted by Crippen LogP contribution is -2.41. The number of hydrogen-bond donors (Lipinski definition) is 1. The number of hydrogen-bond acceptors (Lipinski definition) is 1. The predicted molar refractivity (Wildman–Crippen MR) is 72.1 cm³/mol. The lowest BCUT2D eigenvalue weighted by atomic mass is 9.79. The summed E-state index contributed by atoms with van der Waals surface area (Å²) in [5.74, 6) is 0. The molecule has 0 spiro atoms. The van der Waals surface area contributed by atoms with Crippen LogP contribution in [0.25, 0.3) is 0 Å². The van der Waals surface area contributed by atoms with Gasteiger partial charge in [0.1, 0.15) is 0 Å². The van der Waals surface area contributed by atoms with E-state index in [4.69, 9.17) is 11.6 Å². The van der Waals surface area contributed by atoms with Crippen molar-refractivity contribution in [2.45, 2.75) is 39.7 Å². The van der Waals surface area contributed by atoms with Crippen molar-refractivity contribution in [3.05, 3.63) is 34.9 Å². The molecule has 0 aliphatic rings. The predicted octanol–water partition coefficient (Wildman–Crippen LogP) is 3.91. The van der Waals surface area contributed by atoms with Crippen LogP contribution in [0.5, 0.6) is 0 Å². The van der Waals surface area contributed by atoms with Crippen molar-refractivity contribution in [2.75, 3.05) is 7.05 Å². The van der Waals surface area contributed by atoms with Crippen LogP contribution in [0.3, 0.4) is 0 Å². The Bertz CT molecular complexity index is 333. The van der Waals surface area contributed by atoms with E-state index in [2.05, 4.69) is 38.2 Å². The fourth-order valence-electron chi connectivity index (χ4n) is 1.92. The molecule has 1 unspecified atom stereocenters. The molecule has 2 heteroatoms. The highest BCUT2D eigenvalue weighted by Crippen LogP contribution is 2.27. The second kappa shape index (κ2) is 5.70. The van der Waals surface area contributed by atoms with Gasteiger partial charge in [0.25, 0.3) is 0 Å². The third-order valence-corrected chi connectivity index (χ3v) is 3.77. The highest BCUT2D eigenvalue weighted by molar-refractivity contribution is 6.30. The Kier molecular flexibility index (Phi) is 4.82. The lowest BCUT2D eigenvalue weighted by molar-refractivity contribution is 0.240. The molecule has 1 aromatic carbocycles. The molecule has 0 aliphatic heterocycles. The Balaban J connectivity index is 2.78. The van der Waals surface area contributed by atoms with Crippen LogP contribution in [0.15, 0.2) is 24.3 Å². The van der Waals surface area contributed by atoms with E-state index in [1.165, 1.54) is 12.0 Å². The quantitative estimate of drug-likeness (QED) is 0.822. The van der Waals surface area contributed by atoms with Crippen LogP contribution in [0.1, 0.15) is 32.8 Å². The highest BCUT2D eigenvalue weighted by atomic mass is 35.5. The molecule has 1 N–H and O–H groups in total. The van der Waals surface area contributed by atoms with Crippen molar-refractivity contribution < 1.29 is 0 Å². The SMILES string of the molecule is CCC(C)(C)C(Cc1cccc(Cl)c1)NC. The molecule has 0 fully saturated rings. The van der Waals surface area contributed by atoms with E-state index in [-0.39, 0.29) is 0 Å². The number of nitrogens with one attached hydrogen (secondary N) is 1. The molecule has 0 saturated carbocycles. The molecule has 0 bridgehead atoms. The maximum Gasteiger partial charge on any atom is 0.0408 e. The van der Waals surface area contributed by atoms with Crippen LogP contribution in [-0.2, 0) is 6.42 Å². The average molecular weight is 240 g/mol. The van der Waals surface area contributed by atoms with E-state index >= 15 is 0 Å². The van der Waals surface area contributed by atoms with Crippen LogP contribution in [0.2, 0.25) is 5.02 Å². The summed E-state index contributed by atoms with van der Waals surface area (Å²) < 4.78 is 0. The second-order valence-electron chi connectivity index (χ2n) is 5.02. The molecule has 0 heterocycles. The van der Waals surface area contributed by atoms with E-state index in [0.29, 0.717) is 11.5 Å². The van der Waals surface area contributed by atoms with Crippen molar-refractivity contribution in [3.8, 4) is 0 Å². The Hall–Kier alpha value is -0.530. The largest absolute Gasteiger partial charge is 0.316 e. The molecule has 0 aliphatic carbocycles. The van der Waals surface area contributed by atoms with Crippen molar-refractivity contribution >= 4 is 11.6 Å². The number of rotatable bonds is 5. The van der Waals surface area contributed by atoms with Gasteiger partial charge in [-0.05, 0) is 43.0 Å². The first-order valence-corrected chi connectivity index (χ1v) is 6.29. The monoisotopic (exact) mass is 239 g/mol. The zero-order valence-electron chi connectivity index (χ0n) is 10.7. The fourth-order valence-corrected chi connectivity index (χ4v) is 2.13. The first kappa shape index (κ1) is 13.5. The first-order valence-electron chi connectivity index (χ1n) is 5.91. The van der Waals surface area contributed by atoms with E-state index in [1.54, 1.807) is 0 Å². The summed E-state index contributed by atoms with van der Waals surface area (Å²) in [6.07, 6.45) is 2.19. The first-order chi connectivity index (χ1) is 7.49. The Morgan fingerprint density at radius 1 is 1.38 bits per heavy atom. The molecule has 0 aromatic heterocycles. The van der Waals surface area contributed by atoms with Gasteiger partial charge in [0.2, 0.25) is 0 Å². The van der Waals surface area contributed by atoms with Crippen LogP contribution in [-0.4, -0.2) is 13.1 Å². The number of benzene rings is 1. The lowest BCUT2D eigenvalue weighted by Gasteiger charge is -2.33. The summed E-state index contributed by atoms with van der Waals surface area (Å²) in [4.78, 5) is 0. The van der Waals surface area contributed by atoms with Gasteiger partial charge in [-0.3, -0.25) is 0 Å². The van der Waals surface area contributed by atoms with Gasteiger partial charge in [-0.15, -0.1) is 0 Å². The molecule has 0 saturated heterocycles. The van der Waals surface area contributed by atoms with Crippen LogP contribution < -0.4 is 5.32 Å². The van der Waals surface area contributed by atoms with Crippen molar-refractivity contribution in [3.63, 3.8) is 0 Å². The van der Waals surface area contributed by atoms with Crippen LogP contribution >= 0.6 is 11.6 Å². The fraction of sp³-hybridized carbons (Fsp3) is 0.571. The zero-order chi connectivity index (χ0) is 12.2. The Labute approximate surface area is 104 Å². The summed E-state index contributed by atoms with van der Waals surface area (Å²) in [6, 6.07) is 8.61. The van der Waals surface area contributed by atoms with Gasteiger partial charge < -0.3 is 5.32 Å². The summed E-state index contributed by atoms with van der Waals surface area (Å²) in [5, 5.41) is 4.24. The van der Waals surface area contributed by atoms with Crippen molar-refractivity contribution in [1.82, 2.24) is 5.32 Å². The molecule has 16 heavy (non-hydrogen) atoms. The highest BCUT2D eigenvalue weighted by Gasteiger charge is 2.26. The van der Waals surface area contributed by atoms with Gasteiger partial charge in [-0.25, -0.2) is 0 Å². The Morgan fingerprint density at radius 2 is 2.06 bits per heavy atom. The minimum absolute atomic E-state index is 0.303. The normalized spacial score (nSPS) is 13.8. The minimum atomic E-state index is 0.303. The van der Waals surface area contributed by atoms with Gasteiger partial charge in [-0.1, -0.05) is 44.5 Å². The molecule has 0 radical (unpaired) electrons. The molecule has 1 rings (SSSR count). The number of halogens is 1. The van der Waals surface area contributed by atoms with Gasteiger partial charge >= 0.3 is 0 Å². The standard InChI is InChI=1S/C14H22ClN/c1-5-14(2,3)13(16-4)10-11-7-6-8-12(15)9-11/h6-9,13,16H,5,10H2,1-4H3. The second-order valence-corrected chi connectivity index (χ2v) is 5.45. The number of likely N-dealkylation sites (N-methyl/N-ethyl adjacent to an activating group) is 1. The van der Waals surface area contributed by atoms with E-state index in [9.17, 15) is 0 Å². The molecule has 1 atom stereocenters. The molecule has 0 amide bonds. The molecule has 1 aromatic rings. The molecular formula is C14H22ClN. The maximum atomic E-state index is 6.00. The van der Waals surface area contributed by atoms with Crippen LogP contribution in [0, 0.1) is 5.41 Å². The van der Waals surface area contributed by atoms with E-state index in [0.717, 1.165) is 11.4 Å². The van der Waals surface area contributed by atoms with Gasteiger partial charge in [0.15, 0.2) is 0 Å². The van der Waals surface area contributed by atoms with Gasteiger partial charge in [0, 0.05) is 11.1 Å². The van der Waals surface area contributed by atoms with Gasteiger partial charge in [-0.2, -0.15) is 0 Å². The molecule has 1 nitrogen and oxygen atoms in total. The molecule has 90 valence electrons. The van der Waals surface area contributed by atoms with E-state index in [1.807, 2.05) is 19.2 Å². The minimum Gasteiger partial charge on any atom is -0.316 e. The Morgan fingerprint density at radius 3 is 2.56 bits per heavy atom. The third-order valence-electron chi connectivity index (χ3n) is 3.53. The average Bonchev–Trinajstić information content (AvgIpc) is 2.25. The smallest absolute Gasteiger partial charge is 0.0408 e. The summed E-state index contributed by atoms with van der Waals surface area (Å²) in [5.41, 5.74) is 1.60. The van der Waals surface area contributed by atoms with Crippen molar-refractivity contribution in [2.24, 2.45) is 5.41 Å². The van der Waals surface area contributed by atoms with Crippen LogP contribution in [0.4, 0.5) is 0 Å². The van der Waals surface area contributed by atoms with E-state index < -0.39 is 0 Å². The summed E-state index contributed by atoms with van der Waals surface area (Å²) in [6.45, 7) is 6.85. The summed E-state index contributed by atoms with van der Waals surface area (Å²) >= 11 is 6.00. The summed E-state index contributed by atoms with van der Waals surface area (Å²) in [7, 11) is 2.03. The van der Waals surface area contributed by atoms with Gasteiger partial charge in [0.05, 0.1) is 0 Å². The molecular weight excluding hydrogens is 218 g/mol. The third kappa shape index (κ3) is 3.50. The zero-order valence-corrected chi connectivity index (χ0v) is 11.4. The topological polar surface area (TPSA) is 12.0 Å². The maximum absolute atomic E-state index is 6.00. The van der Waals surface area contributed by atoms with Crippen molar-refractivity contribution in [1.29, 1.82) is 0 Å².